The van der Waals surface area contributed by atoms with Crippen LogP contribution in [0.1, 0.15) is 16.7 Å². The molecule has 3 N–H and O–H groups in total. The van der Waals surface area contributed by atoms with E-state index in [4.69, 9.17) is 5.73 Å². The monoisotopic (exact) mass is 357 g/mol. The summed E-state index contributed by atoms with van der Waals surface area (Å²) in [5, 5.41) is 14.0. The zero-order valence-corrected chi connectivity index (χ0v) is 14.7. The number of benzene rings is 3. The van der Waals surface area contributed by atoms with Crippen LogP contribution < -0.4 is 11.1 Å². The maximum absolute atomic E-state index is 12.4. The van der Waals surface area contributed by atoms with Gasteiger partial charge >= 0.3 is 0 Å². The van der Waals surface area contributed by atoms with Gasteiger partial charge in [-0.25, -0.2) is 0 Å². The molecule has 5 nitrogen and oxygen atoms in total. The summed E-state index contributed by atoms with van der Waals surface area (Å²) in [6, 6.07) is 21.9. The lowest BCUT2D eigenvalue weighted by Crippen LogP contribution is -2.46. The highest BCUT2D eigenvalue weighted by Crippen LogP contribution is 2.16. The number of nitrogens with one attached hydrogen (secondary N) is 1. The summed E-state index contributed by atoms with van der Waals surface area (Å²) < 4.78 is 0. The molecule has 0 saturated carbocycles. The van der Waals surface area contributed by atoms with Gasteiger partial charge in [0, 0.05) is 6.42 Å². The number of nitriles is 1. The first-order valence-corrected chi connectivity index (χ1v) is 8.61. The molecule has 134 valence electrons. The lowest BCUT2D eigenvalue weighted by atomic mass is 10.00. The predicted octanol–water partition coefficient (Wildman–Crippen LogP) is 2.47. The van der Waals surface area contributed by atoms with E-state index < -0.39 is 11.9 Å². The van der Waals surface area contributed by atoms with Gasteiger partial charge in [0.2, 0.25) is 11.8 Å². The lowest BCUT2D eigenvalue weighted by Gasteiger charge is -2.16. The first kappa shape index (κ1) is 18.2. The highest BCUT2D eigenvalue weighted by molar-refractivity contribution is 5.89. The third-order valence-electron chi connectivity index (χ3n) is 4.42. The third kappa shape index (κ3) is 4.50. The quantitative estimate of drug-likeness (QED) is 0.709. The van der Waals surface area contributed by atoms with Crippen LogP contribution in [0.3, 0.4) is 0 Å². The third-order valence-corrected chi connectivity index (χ3v) is 4.42. The van der Waals surface area contributed by atoms with Crippen LogP contribution in [0.15, 0.2) is 66.7 Å². The van der Waals surface area contributed by atoms with Gasteiger partial charge in [-0.2, -0.15) is 5.26 Å². The number of amides is 2. The minimum atomic E-state index is -0.868. The molecule has 2 amide bonds. The smallest absolute Gasteiger partial charge is 0.240 e. The van der Waals surface area contributed by atoms with Gasteiger partial charge in [0.05, 0.1) is 18.1 Å². The van der Waals surface area contributed by atoms with Gasteiger partial charge in [-0.1, -0.05) is 60.7 Å². The van der Waals surface area contributed by atoms with Crippen molar-refractivity contribution in [2.45, 2.75) is 18.9 Å². The van der Waals surface area contributed by atoms with Crippen LogP contribution >= 0.6 is 0 Å². The molecule has 0 spiro atoms. The van der Waals surface area contributed by atoms with Crippen molar-refractivity contribution in [1.29, 1.82) is 5.26 Å². The molecule has 0 aliphatic carbocycles. The number of rotatable bonds is 6. The number of nitrogens with two attached hydrogens (primary N) is 1. The Morgan fingerprint density at radius 3 is 2.44 bits per heavy atom. The molecular weight excluding hydrogens is 338 g/mol. The maximum atomic E-state index is 12.4. The highest BCUT2D eigenvalue weighted by Gasteiger charge is 2.20. The molecule has 0 aromatic heterocycles. The largest absolute Gasteiger partial charge is 0.368 e. The lowest BCUT2D eigenvalue weighted by molar-refractivity contribution is -0.127. The summed E-state index contributed by atoms with van der Waals surface area (Å²) in [7, 11) is 0. The minimum Gasteiger partial charge on any atom is -0.368 e. The van der Waals surface area contributed by atoms with Crippen LogP contribution in [-0.2, 0) is 22.4 Å². The van der Waals surface area contributed by atoms with E-state index in [1.54, 1.807) is 24.3 Å². The fourth-order valence-electron chi connectivity index (χ4n) is 3.03. The maximum Gasteiger partial charge on any atom is 0.240 e. The normalized spacial score (nSPS) is 11.5. The van der Waals surface area contributed by atoms with Crippen molar-refractivity contribution in [1.82, 2.24) is 5.32 Å². The fourth-order valence-corrected chi connectivity index (χ4v) is 3.03. The van der Waals surface area contributed by atoms with E-state index in [1.807, 2.05) is 42.5 Å². The Morgan fingerprint density at radius 1 is 1.00 bits per heavy atom. The van der Waals surface area contributed by atoms with Crippen molar-refractivity contribution in [3.63, 3.8) is 0 Å². The Morgan fingerprint density at radius 2 is 1.70 bits per heavy atom. The highest BCUT2D eigenvalue weighted by atomic mass is 16.2. The van der Waals surface area contributed by atoms with Crippen molar-refractivity contribution in [2.24, 2.45) is 5.73 Å². The molecule has 0 fully saturated rings. The van der Waals surface area contributed by atoms with Crippen molar-refractivity contribution in [3.05, 3.63) is 83.4 Å². The molecular formula is C22H19N3O2. The van der Waals surface area contributed by atoms with Gasteiger partial charge in [-0.3, -0.25) is 9.59 Å². The van der Waals surface area contributed by atoms with Crippen molar-refractivity contribution < 1.29 is 9.59 Å². The van der Waals surface area contributed by atoms with E-state index in [1.165, 1.54) is 0 Å². The van der Waals surface area contributed by atoms with Gasteiger partial charge in [0.1, 0.15) is 6.04 Å². The van der Waals surface area contributed by atoms with E-state index >= 15 is 0 Å². The molecule has 0 bridgehead atoms. The second kappa shape index (κ2) is 8.15. The number of carbonyl (C=O) groups excluding carboxylic acids is 2. The molecule has 5 heteroatoms. The number of hydrogen-bond donors (Lipinski definition) is 2. The summed E-state index contributed by atoms with van der Waals surface area (Å²) in [4.78, 5) is 24.2. The van der Waals surface area contributed by atoms with E-state index in [9.17, 15) is 14.9 Å². The van der Waals surface area contributed by atoms with Crippen LogP contribution in [0.4, 0.5) is 0 Å². The molecule has 1 atom stereocenters. The molecule has 0 saturated heterocycles. The van der Waals surface area contributed by atoms with Crippen LogP contribution in [0.2, 0.25) is 0 Å². The van der Waals surface area contributed by atoms with E-state index in [0.717, 1.165) is 16.3 Å². The number of nitrogens with zero attached hydrogens (tertiary/aromatic N) is 1. The second-order valence-electron chi connectivity index (χ2n) is 6.35. The molecule has 0 aliphatic rings. The number of hydrogen-bond acceptors (Lipinski definition) is 3. The molecule has 27 heavy (non-hydrogen) atoms. The molecule has 0 unspecified atom stereocenters. The zero-order chi connectivity index (χ0) is 19.2. The summed E-state index contributed by atoms with van der Waals surface area (Å²) >= 11 is 0. The number of primary amides is 1. The Bertz CT molecular complexity index is 1040. The second-order valence-corrected chi connectivity index (χ2v) is 6.35. The SMILES string of the molecule is N#Cc1ccccc1C[C@@H](NC(=O)Cc1ccc2ccccc2c1)C(N)=O. The van der Waals surface area contributed by atoms with Crippen molar-refractivity contribution >= 4 is 22.6 Å². The van der Waals surface area contributed by atoms with Gasteiger partial charge in [-0.05, 0) is 28.0 Å². The number of carbonyl (C=O) groups is 2. The van der Waals surface area contributed by atoms with E-state index in [0.29, 0.717) is 11.1 Å². The Labute approximate surface area is 157 Å². The number of fused-ring (bicyclic) bond motifs is 1. The Hall–Kier alpha value is -3.65. The summed E-state index contributed by atoms with van der Waals surface area (Å²) in [6.07, 6.45) is 0.330. The Kier molecular flexibility index (Phi) is 5.48. The zero-order valence-electron chi connectivity index (χ0n) is 14.7. The predicted molar refractivity (Wildman–Crippen MR) is 104 cm³/mol. The fraction of sp³-hybridized carbons (Fsp3) is 0.136. The average molecular weight is 357 g/mol. The van der Waals surface area contributed by atoms with E-state index in [2.05, 4.69) is 11.4 Å². The summed E-state index contributed by atoms with van der Waals surface area (Å²) in [5.41, 5.74) is 7.45. The average Bonchev–Trinajstić information content (AvgIpc) is 2.67. The molecule has 3 rings (SSSR count). The molecule has 3 aromatic carbocycles. The molecule has 3 aromatic rings. The molecule has 0 aliphatic heterocycles. The van der Waals surface area contributed by atoms with Crippen molar-refractivity contribution in [2.75, 3.05) is 0 Å². The van der Waals surface area contributed by atoms with Crippen LogP contribution in [0.5, 0.6) is 0 Å². The van der Waals surface area contributed by atoms with Crippen LogP contribution in [-0.4, -0.2) is 17.9 Å². The molecule has 0 radical (unpaired) electrons. The minimum absolute atomic E-state index is 0.147. The van der Waals surface area contributed by atoms with Gasteiger partial charge in [-0.15, -0.1) is 0 Å². The van der Waals surface area contributed by atoms with Gasteiger partial charge in [0.25, 0.3) is 0 Å². The standard InChI is InChI=1S/C22H19N3O2/c23-14-19-8-4-3-7-18(19)13-20(22(24)27)25-21(26)12-15-9-10-16-5-1-2-6-17(16)11-15/h1-11,20H,12-13H2,(H2,24,27)(H,25,26)/t20-/m1/s1. The molecule has 0 heterocycles. The first-order valence-electron chi connectivity index (χ1n) is 8.61. The topological polar surface area (TPSA) is 96.0 Å². The first-order chi connectivity index (χ1) is 13.1. The summed E-state index contributed by atoms with van der Waals surface area (Å²) in [5.74, 6) is -0.918. The van der Waals surface area contributed by atoms with Crippen molar-refractivity contribution in [3.8, 4) is 6.07 Å². The van der Waals surface area contributed by atoms with Gasteiger partial charge < -0.3 is 11.1 Å². The summed E-state index contributed by atoms with van der Waals surface area (Å²) in [6.45, 7) is 0. The van der Waals surface area contributed by atoms with E-state index in [-0.39, 0.29) is 18.7 Å². The van der Waals surface area contributed by atoms with Crippen LogP contribution in [0.25, 0.3) is 10.8 Å². The Balaban J connectivity index is 1.71. The van der Waals surface area contributed by atoms with Gasteiger partial charge in [0.15, 0.2) is 0 Å². The van der Waals surface area contributed by atoms with Crippen LogP contribution in [0, 0.1) is 11.3 Å².